The Kier molecular flexibility index (Phi) is 3.01. The summed E-state index contributed by atoms with van der Waals surface area (Å²) in [5.41, 5.74) is 1.23. The molecule has 1 aromatic rings. The normalized spacial score (nSPS) is 16.1. The zero-order valence-electron chi connectivity index (χ0n) is 8.86. The van der Waals surface area contributed by atoms with Crippen LogP contribution in [0, 0.1) is 0 Å². The molecule has 1 fully saturated rings. The second-order valence-corrected chi connectivity index (χ2v) is 3.79. The van der Waals surface area contributed by atoms with Crippen LogP contribution in [0.2, 0.25) is 0 Å². The Morgan fingerprint density at radius 1 is 1.73 bits per heavy atom. The summed E-state index contributed by atoms with van der Waals surface area (Å²) in [6.07, 6.45) is 4.21. The van der Waals surface area contributed by atoms with Gasteiger partial charge in [0, 0.05) is 50.9 Å². The molecule has 5 nitrogen and oxygen atoms in total. The van der Waals surface area contributed by atoms with E-state index in [2.05, 4.69) is 20.2 Å². The largest absolute Gasteiger partial charge is 0.359 e. The number of carbonyl (C=O) groups excluding carboxylic acids is 1. The van der Waals surface area contributed by atoms with Crippen LogP contribution in [-0.2, 0) is 11.3 Å². The average Bonchev–Trinajstić information content (AvgIpc) is 2.60. The fraction of sp³-hybridized carbons (Fsp3) is 0.600. The minimum atomic E-state index is 0.0707. The lowest BCUT2D eigenvalue weighted by atomic mass is 10.00. The molecular weight excluding hydrogens is 192 g/mol. The first-order valence-corrected chi connectivity index (χ1v) is 5.22. The number of hydrogen-bond donors (Lipinski definition) is 2. The molecule has 0 spiro atoms. The van der Waals surface area contributed by atoms with E-state index in [4.69, 9.17) is 0 Å². The molecule has 0 radical (unpaired) electrons. The first-order valence-electron chi connectivity index (χ1n) is 5.22. The van der Waals surface area contributed by atoms with Crippen molar-refractivity contribution in [1.29, 1.82) is 0 Å². The van der Waals surface area contributed by atoms with E-state index in [1.165, 1.54) is 5.69 Å². The van der Waals surface area contributed by atoms with Crippen molar-refractivity contribution in [3.8, 4) is 0 Å². The molecule has 1 amide bonds. The van der Waals surface area contributed by atoms with E-state index in [1.54, 1.807) is 13.4 Å². The zero-order valence-corrected chi connectivity index (χ0v) is 8.86. The Balaban J connectivity index is 1.95. The molecule has 1 saturated heterocycles. The third-order valence-electron chi connectivity index (χ3n) is 2.80. The van der Waals surface area contributed by atoms with Crippen LogP contribution in [0.5, 0.6) is 0 Å². The van der Waals surface area contributed by atoms with Crippen molar-refractivity contribution < 1.29 is 4.79 Å². The van der Waals surface area contributed by atoms with Gasteiger partial charge < -0.3 is 15.2 Å². The van der Waals surface area contributed by atoms with Crippen LogP contribution in [0.3, 0.4) is 0 Å². The molecule has 0 atom stereocenters. The molecule has 2 N–H and O–H groups in total. The highest BCUT2D eigenvalue weighted by atomic mass is 16.1. The minimum Gasteiger partial charge on any atom is -0.359 e. The number of hydrogen-bond acceptors (Lipinski definition) is 3. The van der Waals surface area contributed by atoms with Gasteiger partial charge in [-0.25, -0.2) is 4.98 Å². The number of imidazole rings is 1. The fourth-order valence-electron chi connectivity index (χ4n) is 1.70. The Labute approximate surface area is 88.9 Å². The van der Waals surface area contributed by atoms with Crippen LogP contribution in [0.4, 0.5) is 0 Å². The fourth-order valence-corrected chi connectivity index (χ4v) is 1.70. The van der Waals surface area contributed by atoms with Crippen molar-refractivity contribution in [3.05, 3.63) is 18.2 Å². The van der Waals surface area contributed by atoms with Crippen LogP contribution < -0.4 is 10.6 Å². The van der Waals surface area contributed by atoms with Crippen LogP contribution in [0.15, 0.2) is 12.5 Å². The second-order valence-electron chi connectivity index (χ2n) is 3.79. The highest BCUT2D eigenvalue weighted by Gasteiger charge is 2.22. The lowest BCUT2D eigenvalue weighted by molar-refractivity contribution is -0.120. The third kappa shape index (κ3) is 2.18. The number of nitrogens with one attached hydrogen (secondary N) is 2. The molecule has 2 rings (SSSR count). The summed E-state index contributed by atoms with van der Waals surface area (Å²) >= 11 is 0. The van der Waals surface area contributed by atoms with Gasteiger partial charge in [-0.05, 0) is 0 Å². The maximum absolute atomic E-state index is 11.1. The number of aromatic nitrogens is 2. The van der Waals surface area contributed by atoms with Gasteiger partial charge in [-0.1, -0.05) is 0 Å². The molecule has 1 aromatic heterocycles. The molecule has 82 valence electrons. The van der Waals surface area contributed by atoms with Crippen molar-refractivity contribution in [2.75, 3.05) is 20.1 Å². The van der Waals surface area contributed by atoms with Gasteiger partial charge in [-0.3, -0.25) is 4.79 Å². The molecule has 0 saturated carbocycles. The maximum atomic E-state index is 11.1. The highest BCUT2D eigenvalue weighted by Crippen LogP contribution is 2.19. The summed E-state index contributed by atoms with van der Waals surface area (Å²) < 4.78 is 2.07. The molecule has 2 heterocycles. The van der Waals surface area contributed by atoms with Gasteiger partial charge in [0.25, 0.3) is 0 Å². The van der Waals surface area contributed by atoms with Crippen LogP contribution in [-0.4, -0.2) is 35.6 Å². The standard InChI is InChI=1S/C10H16N4O/c1-11-10(15)2-3-14-7-13-6-9(14)8-4-12-5-8/h6-8,12H,2-5H2,1H3,(H,11,15). The van der Waals surface area contributed by atoms with Gasteiger partial charge in [-0.2, -0.15) is 0 Å². The third-order valence-corrected chi connectivity index (χ3v) is 2.80. The van der Waals surface area contributed by atoms with Gasteiger partial charge in [-0.15, -0.1) is 0 Å². The molecule has 1 aliphatic heterocycles. The summed E-state index contributed by atoms with van der Waals surface area (Å²) in [6.45, 7) is 2.75. The summed E-state index contributed by atoms with van der Waals surface area (Å²) in [4.78, 5) is 15.2. The predicted octanol–water partition coefficient (Wildman–Crippen LogP) is -0.294. The molecule has 0 unspecified atom stereocenters. The Morgan fingerprint density at radius 3 is 3.13 bits per heavy atom. The summed E-state index contributed by atoms with van der Waals surface area (Å²) in [5.74, 6) is 0.638. The van der Waals surface area contributed by atoms with Crippen molar-refractivity contribution in [2.45, 2.75) is 18.9 Å². The van der Waals surface area contributed by atoms with Crippen LogP contribution >= 0.6 is 0 Å². The van der Waals surface area contributed by atoms with E-state index in [0.717, 1.165) is 13.1 Å². The zero-order chi connectivity index (χ0) is 10.7. The topological polar surface area (TPSA) is 59.0 Å². The quantitative estimate of drug-likeness (QED) is 0.714. The highest BCUT2D eigenvalue weighted by molar-refractivity contribution is 5.75. The number of rotatable bonds is 4. The van der Waals surface area contributed by atoms with Gasteiger partial charge in [0.05, 0.1) is 6.33 Å². The van der Waals surface area contributed by atoms with Crippen molar-refractivity contribution in [2.24, 2.45) is 0 Å². The van der Waals surface area contributed by atoms with Crippen molar-refractivity contribution in [3.63, 3.8) is 0 Å². The van der Waals surface area contributed by atoms with Gasteiger partial charge >= 0.3 is 0 Å². The molecule has 5 heteroatoms. The first-order chi connectivity index (χ1) is 7.31. The first kappa shape index (κ1) is 10.2. The van der Waals surface area contributed by atoms with E-state index >= 15 is 0 Å². The number of amides is 1. The summed E-state index contributed by atoms with van der Waals surface area (Å²) in [5, 5.41) is 5.85. The monoisotopic (exact) mass is 208 g/mol. The number of nitrogens with zero attached hydrogens (tertiary/aromatic N) is 2. The van der Waals surface area contributed by atoms with Crippen molar-refractivity contribution >= 4 is 5.91 Å². The average molecular weight is 208 g/mol. The van der Waals surface area contributed by atoms with Crippen molar-refractivity contribution in [1.82, 2.24) is 20.2 Å². The lowest BCUT2D eigenvalue weighted by Crippen LogP contribution is -2.41. The van der Waals surface area contributed by atoms with Crippen LogP contribution in [0.1, 0.15) is 18.0 Å². The predicted molar refractivity (Wildman–Crippen MR) is 56.5 cm³/mol. The van der Waals surface area contributed by atoms with E-state index in [-0.39, 0.29) is 5.91 Å². The molecule has 0 bridgehead atoms. The van der Waals surface area contributed by atoms with Crippen LogP contribution in [0.25, 0.3) is 0 Å². The molecule has 1 aliphatic rings. The van der Waals surface area contributed by atoms with E-state index in [0.29, 0.717) is 18.9 Å². The lowest BCUT2D eigenvalue weighted by Gasteiger charge is -2.27. The number of aryl methyl sites for hydroxylation is 1. The van der Waals surface area contributed by atoms with E-state index in [1.807, 2.05) is 6.20 Å². The minimum absolute atomic E-state index is 0.0707. The molecule has 0 aromatic carbocycles. The Bertz CT molecular complexity index is 343. The molecule has 0 aliphatic carbocycles. The van der Waals surface area contributed by atoms with E-state index < -0.39 is 0 Å². The van der Waals surface area contributed by atoms with Gasteiger partial charge in [0.2, 0.25) is 5.91 Å². The molecular formula is C10H16N4O. The Morgan fingerprint density at radius 2 is 2.53 bits per heavy atom. The summed E-state index contributed by atoms with van der Waals surface area (Å²) in [7, 11) is 1.66. The number of carbonyl (C=O) groups is 1. The second kappa shape index (κ2) is 4.44. The van der Waals surface area contributed by atoms with Gasteiger partial charge in [0.15, 0.2) is 0 Å². The SMILES string of the molecule is CNC(=O)CCn1cncc1C1CNC1. The Hall–Kier alpha value is -1.36. The maximum Gasteiger partial charge on any atom is 0.221 e. The summed E-state index contributed by atoms with van der Waals surface area (Å²) in [6, 6.07) is 0. The smallest absolute Gasteiger partial charge is 0.221 e. The van der Waals surface area contributed by atoms with Gasteiger partial charge in [0.1, 0.15) is 0 Å². The molecule has 15 heavy (non-hydrogen) atoms. The van der Waals surface area contributed by atoms with E-state index in [9.17, 15) is 4.79 Å².